The molecule has 0 aromatic carbocycles. The zero-order chi connectivity index (χ0) is 18.2. The molecule has 7 nitrogen and oxygen atoms in total. The molecule has 7 heteroatoms. The van der Waals surface area contributed by atoms with Gasteiger partial charge in [-0.05, 0) is 25.0 Å². The van der Waals surface area contributed by atoms with E-state index in [1.807, 2.05) is 23.1 Å². The van der Waals surface area contributed by atoms with Crippen LogP contribution < -0.4 is 10.2 Å². The number of pyridine rings is 1. The summed E-state index contributed by atoms with van der Waals surface area (Å²) in [7, 11) is 0. The van der Waals surface area contributed by atoms with Crippen molar-refractivity contribution in [2.45, 2.75) is 38.2 Å². The third kappa shape index (κ3) is 5.42. The van der Waals surface area contributed by atoms with Gasteiger partial charge in [-0.15, -0.1) is 0 Å². The van der Waals surface area contributed by atoms with Crippen molar-refractivity contribution in [2.24, 2.45) is 0 Å². The number of nitrogens with zero attached hydrogens (tertiary/aromatic N) is 3. The predicted octanol–water partition coefficient (Wildman–Crippen LogP) is 1.20. The molecule has 2 fully saturated rings. The van der Waals surface area contributed by atoms with Gasteiger partial charge < -0.3 is 19.9 Å². The van der Waals surface area contributed by atoms with E-state index in [1.54, 1.807) is 6.20 Å². The summed E-state index contributed by atoms with van der Waals surface area (Å²) in [5.74, 6) is 0.904. The van der Waals surface area contributed by atoms with Gasteiger partial charge in [-0.1, -0.05) is 18.9 Å². The normalized spacial score (nSPS) is 18.2. The van der Waals surface area contributed by atoms with Crippen LogP contribution in [-0.4, -0.2) is 67.1 Å². The summed E-state index contributed by atoms with van der Waals surface area (Å²) in [5, 5.41) is 2.78. The fourth-order valence-electron chi connectivity index (χ4n) is 3.49. The second-order valence-electron chi connectivity index (χ2n) is 6.87. The van der Waals surface area contributed by atoms with Crippen molar-refractivity contribution in [2.75, 3.05) is 44.2 Å². The molecule has 0 radical (unpaired) electrons. The van der Waals surface area contributed by atoms with Gasteiger partial charge in [0.05, 0.1) is 6.10 Å². The first-order valence-corrected chi connectivity index (χ1v) is 9.54. The van der Waals surface area contributed by atoms with Crippen LogP contribution in [0.15, 0.2) is 24.4 Å². The molecule has 1 saturated carbocycles. The Bertz CT molecular complexity index is 582. The molecule has 1 aromatic rings. The number of piperazine rings is 1. The van der Waals surface area contributed by atoms with Gasteiger partial charge >= 0.3 is 0 Å². The SMILES string of the molecule is O=C(COC1CCCC1)NCCC(=O)N1CCN(c2ccccn2)CC1. The Morgan fingerprint density at radius 1 is 1.15 bits per heavy atom. The van der Waals surface area contributed by atoms with E-state index >= 15 is 0 Å². The quantitative estimate of drug-likeness (QED) is 0.791. The van der Waals surface area contributed by atoms with Crippen molar-refractivity contribution in [3.05, 3.63) is 24.4 Å². The van der Waals surface area contributed by atoms with E-state index in [-0.39, 0.29) is 24.5 Å². The number of nitrogens with one attached hydrogen (secondary N) is 1. The molecule has 3 rings (SSSR count). The number of hydrogen-bond acceptors (Lipinski definition) is 5. The highest BCUT2D eigenvalue weighted by Crippen LogP contribution is 2.20. The van der Waals surface area contributed by atoms with Gasteiger partial charge in [0.1, 0.15) is 12.4 Å². The van der Waals surface area contributed by atoms with Crippen LogP contribution in [0.4, 0.5) is 5.82 Å². The van der Waals surface area contributed by atoms with Gasteiger partial charge in [-0.3, -0.25) is 9.59 Å². The molecule has 2 aliphatic rings. The van der Waals surface area contributed by atoms with Crippen molar-refractivity contribution in [1.29, 1.82) is 0 Å². The molecule has 0 atom stereocenters. The van der Waals surface area contributed by atoms with Crippen LogP contribution in [0.25, 0.3) is 0 Å². The minimum Gasteiger partial charge on any atom is -0.368 e. The average molecular weight is 360 g/mol. The van der Waals surface area contributed by atoms with Crippen LogP contribution in [0.5, 0.6) is 0 Å². The second kappa shape index (κ2) is 9.52. The molecular formula is C19H28N4O3. The van der Waals surface area contributed by atoms with E-state index in [4.69, 9.17) is 4.74 Å². The lowest BCUT2D eigenvalue weighted by Gasteiger charge is -2.35. The highest BCUT2D eigenvalue weighted by atomic mass is 16.5. The molecule has 2 amide bonds. The predicted molar refractivity (Wildman–Crippen MR) is 98.9 cm³/mol. The van der Waals surface area contributed by atoms with E-state index in [0.29, 0.717) is 26.1 Å². The number of carbonyl (C=O) groups excluding carboxylic acids is 2. The van der Waals surface area contributed by atoms with Crippen molar-refractivity contribution in [3.63, 3.8) is 0 Å². The summed E-state index contributed by atoms with van der Waals surface area (Å²) >= 11 is 0. The molecule has 1 aromatic heterocycles. The average Bonchev–Trinajstić information content (AvgIpc) is 3.21. The first-order chi connectivity index (χ1) is 12.7. The first-order valence-electron chi connectivity index (χ1n) is 9.54. The Labute approximate surface area is 154 Å². The molecule has 26 heavy (non-hydrogen) atoms. The monoisotopic (exact) mass is 360 g/mol. The Kier molecular flexibility index (Phi) is 6.82. The van der Waals surface area contributed by atoms with Crippen molar-refractivity contribution in [3.8, 4) is 0 Å². The molecule has 0 bridgehead atoms. The van der Waals surface area contributed by atoms with Crippen LogP contribution in [-0.2, 0) is 14.3 Å². The lowest BCUT2D eigenvalue weighted by atomic mass is 10.2. The molecule has 0 spiro atoms. The number of ether oxygens (including phenoxy) is 1. The van der Waals surface area contributed by atoms with Gasteiger partial charge in [-0.25, -0.2) is 4.98 Å². The molecule has 1 aliphatic carbocycles. The molecule has 2 heterocycles. The van der Waals surface area contributed by atoms with Gasteiger partial charge in [0.15, 0.2) is 0 Å². The molecule has 0 unspecified atom stereocenters. The standard InChI is InChI=1S/C19H28N4O3/c24-18(15-26-16-5-1-2-6-16)21-10-8-19(25)23-13-11-22(12-14-23)17-7-3-4-9-20-17/h3-4,7,9,16H,1-2,5-6,8,10-15H2,(H,21,24). The van der Waals surface area contributed by atoms with Crippen LogP contribution in [0.3, 0.4) is 0 Å². The molecule has 142 valence electrons. The number of hydrogen-bond donors (Lipinski definition) is 1. The maximum Gasteiger partial charge on any atom is 0.246 e. The van der Waals surface area contributed by atoms with Crippen molar-refractivity contribution in [1.82, 2.24) is 15.2 Å². The van der Waals surface area contributed by atoms with Crippen molar-refractivity contribution >= 4 is 17.6 Å². The number of aromatic nitrogens is 1. The smallest absolute Gasteiger partial charge is 0.246 e. The van der Waals surface area contributed by atoms with Crippen LogP contribution in [0.1, 0.15) is 32.1 Å². The van der Waals surface area contributed by atoms with Crippen molar-refractivity contribution < 1.29 is 14.3 Å². The van der Waals surface area contributed by atoms with Gasteiger partial charge in [0.2, 0.25) is 11.8 Å². The van der Waals surface area contributed by atoms with E-state index in [2.05, 4.69) is 15.2 Å². The summed E-state index contributed by atoms with van der Waals surface area (Å²) < 4.78 is 5.57. The minimum atomic E-state index is -0.135. The summed E-state index contributed by atoms with van der Waals surface area (Å²) in [6.45, 7) is 3.41. The maximum atomic E-state index is 12.3. The third-order valence-electron chi connectivity index (χ3n) is 5.02. The highest BCUT2D eigenvalue weighted by molar-refractivity contribution is 5.79. The number of carbonyl (C=O) groups is 2. The van der Waals surface area contributed by atoms with Crippen LogP contribution in [0, 0.1) is 0 Å². The van der Waals surface area contributed by atoms with E-state index in [9.17, 15) is 9.59 Å². The Morgan fingerprint density at radius 3 is 2.62 bits per heavy atom. The van der Waals surface area contributed by atoms with E-state index in [1.165, 1.54) is 12.8 Å². The summed E-state index contributed by atoms with van der Waals surface area (Å²) in [6, 6.07) is 5.86. The minimum absolute atomic E-state index is 0.0858. The Hall–Kier alpha value is -2.15. The lowest BCUT2D eigenvalue weighted by Crippen LogP contribution is -2.49. The van der Waals surface area contributed by atoms with Gasteiger partial charge in [0.25, 0.3) is 0 Å². The van der Waals surface area contributed by atoms with E-state index < -0.39 is 0 Å². The third-order valence-corrected chi connectivity index (χ3v) is 5.02. The topological polar surface area (TPSA) is 74.8 Å². The van der Waals surface area contributed by atoms with Crippen LogP contribution >= 0.6 is 0 Å². The maximum absolute atomic E-state index is 12.3. The fraction of sp³-hybridized carbons (Fsp3) is 0.632. The number of amides is 2. The Balaban J connectivity index is 1.30. The summed E-state index contributed by atoms with van der Waals surface area (Å²) in [4.78, 5) is 32.5. The van der Waals surface area contributed by atoms with Crippen LogP contribution in [0.2, 0.25) is 0 Å². The first kappa shape index (κ1) is 18.6. The Morgan fingerprint density at radius 2 is 1.92 bits per heavy atom. The molecule has 1 aliphatic heterocycles. The van der Waals surface area contributed by atoms with Gasteiger partial charge in [-0.2, -0.15) is 0 Å². The largest absolute Gasteiger partial charge is 0.368 e. The van der Waals surface area contributed by atoms with E-state index in [0.717, 1.165) is 31.7 Å². The molecule has 1 saturated heterocycles. The summed E-state index contributed by atoms with van der Waals surface area (Å²) in [6.07, 6.45) is 6.83. The second-order valence-corrected chi connectivity index (χ2v) is 6.87. The molecular weight excluding hydrogens is 332 g/mol. The number of rotatable bonds is 7. The lowest BCUT2D eigenvalue weighted by molar-refractivity contribution is -0.131. The summed E-state index contributed by atoms with van der Waals surface area (Å²) in [5.41, 5.74) is 0. The zero-order valence-corrected chi connectivity index (χ0v) is 15.2. The fourth-order valence-corrected chi connectivity index (χ4v) is 3.49. The number of anilines is 1. The zero-order valence-electron chi connectivity index (χ0n) is 15.2. The van der Waals surface area contributed by atoms with Gasteiger partial charge in [0, 0.05) is 45.3 Å². The highest BCUT2D eigenvalue weighted by Gasteiger charge is 2.21. The molecule has 1 N–H and O–H groups in total.